The number of nitrogens with zero attached hydrogens (tertiary/aromatic N) is 3. The lowest BCUT2D eigenvalue weighted by Crippen LogP contribution is -2.43. The maximum Gasteiger partial charge on any atom is 0.128 e. The van der Waals surface area contributed by atoms with Crippen LogP contribution in [-0.2, 0) is 6.54 Å². The van der Waals surface area contributed by atoms with Crippen molar-refractivity contribution in [2.75, 3.05) is 26.2 Å². The number of aryl methyl sites for hydroxylation is 1. The molecule has 1 aliphatic heterocycles. The molecule has 2 aromatic carbocycles. The average molecular weight is 325 g/mol. The lowest BCUT2D eigenvalue weighted by atomic mass is 10.1. The first kappa shape index (κ1) is 16.3. The number of rotatable bonds is 4. The van der Waals surface area contributed by atoms with Crippen molar-refractivity contribution in [1.82, 2.24) is 9.91 Å². The van der Waals surface area contributed by atoms with E-state index in [2.05, 4.69) is 41.2 Å². The molecule has 5 heteroatoms. The summed E-state index contributed by atoms with van der Waals surface area (Å²) in [6.45, 7) is 6.73. The van der Waals surface area contributed by atoms with Crippen molar-refractivity contribution in [2.45, 2.75) is 13.5 Å². The molecular weight excluding hydrogens is 302 g/mol. The van der Waals surface area contributed by atoms with Crippen LogP contribution in [0.3, 0.4) is 0 Å². The van der Waals surface area contributed by atoms with Crippen LogP contribution in [0.4, 0.5) is 0 Å². The molecule has 0 bridgehead atoms. The summed E-state index contributed by atoms with van der Waals surface area (Å²) in [4.78, 5) is 2.43. The van der Waals surface area contributed by atoms with Gasteiger partial charge in [0.05, 0.1) is 6.21 Å². The molecule has 0 atom stereocenters. The van der Waals surface area contributed by atoms with Gasteiger partial charge in [0.15, 0.2) is 0 Å². The third kappa shape index (κ3) is 4.26. The molecule has 3 rings (SSSR count). The summed E-state index contributed by atoms with van der Waals surface area (Å²) in [5.74, 6) is 0.0890. The minimum absolute atomic E-state index is 0.0387. The van der Waals surface area contributed by atoms with Crippen LogP contribution < -0.4 is 0 Å². The number of hydrogen-bond donors (Lipinski definition) is 2. The van der Waals surface area contributed by atoms with Crippen molar-refractivity contribution in [2.24, 2.45) is 5.10 Å². The van der Waals surface area contributed by atoms with Gasteiger partial charge in [-0.05, 0) is 24.6 Å². The predicted molar refractivity (Wildman–Crippen MR) is 95.4 cm³/mol. The van der Waals surface area contributed by atoms with Crippen LogP contribution in [0.2, 0.25) is 0 Å². The van der Waals surface area contributed by atoms with Crippen LogP contribution >= 0.6 is 0 Å². The monoisotopic (exact) mass is 325 g/mol. The van der Waals surface area contributed by atoms with Crippen molar-refractivity contribution in [1.29, 1.82) is 0 Å². The fraction of sp³-hybridized carbons (Fsp3) is 0.316. The molecule has 0 spiro atoms. The van der Waals surface area contributed by atoms with E-state index in [1.54, 1.807) is 18.3 Å². The Labute approximate surface area is 142 Å². The largest absolute Gasteiger partial charge is 0.508 e. The number of hydrazone groups is 1. The smallest absolute Gasteiger partial charge is 0.128 e. The number of phenolic OH excluding ortho intramolecular Hbond substituents is 2. The first-order valence-corrected chi connectivity index (χ1v) is 8.19. The van der Waals surface area contributed by atoms with Gasteiger partial charge >= 0.3 is 0 Å². The second kappa shape index (κ2) is 7.36. The summed E-state index contributed by atoms with van der Waals surface area (Å²) in [6, 6.07) is 13.2. The van der Waals surface area contributed by atoms with E-state index in [0.29, 0.717) is 5.56 Å². The van der Waals surface area contributed by atoms with E-state index in [1.165, 1.54) is 17.2 Å². The molecule has 1 fully saturated rings. The van der Waals surface area contributed by atoms with Crippen LogP contribution in [-0.4, -0.2) is 52.5 Å². The molecule has 0 aromatic heterocycles. The number of hydrogen-bond acceptors (Lipinski definition) is 5. The number of piperazine rings is 1. The topological polar surface area (TPSA) is 59.3 Å². The maximum atomic E-state index is 9.77. The highest BCUT2D eigenvalue weighted by Gasteiger charge is 2.15. The zero-order valence-electron chi connectivity index (χ0n) is 13.9. The van der Waals surface area contributed by atoms with Gasteiger partial charge in [-0.1, -0.05) is 29.8 Å². The summed E-state index contributed by atoms with van der Waals surface area (Å²) in [6.07, 6.45) is 1.64. The number of phenols is 2. The van der Waals surface area contributed by atoms with Gasteiger partial charge in [-0.3, -0.25) is 9.91 Å². The molecule has 2 aromatic rings. The highest BCUT2D eigenvalue weighted by molar-refractivity contribution is 5.83. The van der Waals surface area contributed by atoms with Crippen molar-refractivity contribution in [3.63, 3.8) is 0 Å². The molecule has 0 unspecified atom stereocenters. The van der Waals surface area contributed by atoms with Crippen LogP contribution in [0.15, 0.2) is 47.6 Å². The van der Waals surface area contributed by atoms with E-state index in [0.717, 1.165) is 32.7 Å². The summed E-state index contributed by atoms with van der Waals surface area (Å²) in [5.41, 5.74) is 3.23. The molecular formula is C19H23N3O2. The van der Waals surface area contributed by atoms with Gasteiger partial charge in [0, 0.05) is 44.4 Å². The summed E-state index contributed by atoms with van der Waals surface area (Å²) in [5, 5.41) is 25.5. The van der Waals surface area contributed by atoms with Crippen molar-refractivity contribution in [3.05, 3.63) is 59.2 Å². The van der Waals surface area contributed by atoms with Crippen molar-refractivity contribution in [3.8, 4) is 11.5 Å². The van der Waals surface area contributed by atoms with Crippen LogP contribution in [0.25, 0.3) is 0 Å². The molecule has 5 nitrogen and oxygen atoms in total. The van der Waals surface area contributed by atoms with Gasteiger partial charge < -0.3 is 10.2 Å². The Hall–Kier alpha value is -2.53. The zero-order valence-corrected chi connectivity index (χ0v) is 13.9. The molecule has 0 amide bonds. The third-order valence-electron chi connectivity index (χ3n) is 4.25. The minimum atomic E-state index is 0.0387. The van der Waals surface area contributed by atoms with E-state index >= 15 is 0 Å². The van der Waals surface area contributed by atoms with Gasteiger partial charge in [-0.15, -0.1) is 0 Å². The number of aromatic hydroxyl groups is 2. The van der Waals surface area contributed by atoms with Gasteiger partial charge in [-0.2, -0.15) is 5.10 Å². The van der Waals surface area contributed by atoms with E-state index in [4.69, 9.17) is 0 Å². The Morgan fingerprint density at radius 2 is 1.71 bits per heavy atom. The Morgan fingerprint density at radius 1 is 1.00 bits per heavy atom. The molecule has 1 aliphatic rings. The minimum Gasteiger partial charge on any atom is -0.508 e. The molecule has 1 heterocycles. The van der Waals surface area contributed by atoms with Gasteiger partial charge in [0.1, 0.15) is 11.5 Å². The molecule has 2 N–H and O–H groups in total. The van der Waals surface area contributed by atoms with Crippen LogP contribution in [0, 0.1) is 6.92 Å². The van der Waals surface area contributed by atoms with E-state index in [-0.39, 0.29) is 11.5 Å². The Bertz CT molecular complexity index is 705. The van der Waals surface area contributed by atoms with Crippen molar-refractivity contribution >= 4 is 6.21 Å². The van der Waals surface area contributed by atoms with Gasteiger partial charge in [0.25, 0.3) is 0 Å². The summed E-state index contributed by atoms with van der Waals surface area (Å²) in [7, 11) is 0. The standard InChI is InChI=1S/C19H23N3O2/c1-15-2-4-16(5-3-15)14-21-8-10-22(11-9-21)20-13-17-6-7-18(23)12-19(17)24/h2-7,12-13,23-24H,8-11,14H2,1H3/b20-13+. The van der Waals surface area contributed by atoms with E-state index < -0.39 is 0 Å². The first-order chi connectivity index (χ1) is 11.6. The quantitative estimate of drug-likeness (QED) is 0.848. The highest BCUT2D eigenvalue weighted by Crippen LogP contribution is 2.21. The second-order valence-corrected chi connectivity index (χ2v) is 6.20. The van der Waals surface area contributed by atoms with E-state index in [1.807, 2.05) is 5.01 Å². The molecule has 0 aliphatic carbocycles. The lowest BCUT2D eigenvalue weighted by molar-refractivity contribution is 0.131. The van der Waals surface area contributed by atoms with Gasteiger partial charge in [0.2, 0.25) is 0 Å². The highest BCUT2D eigenvalue weighted by atomic mass is 16.3. The molecule has 0 radical (unpaired) electrons. The Morgan fingerprint density at radius 3 is 2.38 bits per heavy atom. The SMILES string of the molecule is Cc1ccc(CN2CCN(/N=C/c3ccc(O)cc3O)CC2)cc1. The van der Waals surface area contributed by atoms with Crippen LogP contribution in [0.5, 0.6) is 11.5 Å². The molecule has 0 saturated carbocycles. The fourth-order valence-electron chi connectivity index (χ4n) is 2.75. The lowest BCUT2D eigenvalue weighted by Gasteiger charge is -2.33. The van der Waals surface area contributed by atoms with Crippen molar-refractivity contribution < 1.29 is 10.2 Å². The Kier molecular flexibility index (Phi) is 5.01. The van der Waals surface area contributed by atoms with E-state index in [9.17, 15) is 10.2 Å². The maximum absolute atomic E-state index is 9.77. The normalized spacial score (nSPS) is 16.0. The predicted octanol–water partition coefficient (Wildman–Crippen LogP) is 2.56. The fourth-order valence-corrected chi connectivity index (χ4v) is 2.75. The summed E-state index contributed by atoms with van der Waals surface area (Å²) < 4.78 is 0. The first-order valence-electron chi connectivity index (χ1n) is 8.19. The second-order valence-electron chi connectivity index (χ2n) is 6.20. The van der Waals surface area contributed by atoms with Crippen LogP contribution in [0.1, 0.15) is 16.7 Å². The number of benzene rings is 2. The molecule has 1 saturated heterocycles. The average Bonchev–Trinajstić information content (AvgIpc) is 2.57. The van der Waals surface area contributed by atoms with Gasteiger partial charge in [-0.25, -0.2) is 0 Å². The zero-order chi connectivity index (χ0) is 16.9. The Balaban J connectivity index is 1.51. The third-order valence-corrected chi connectivity index (χ3v) is 4.25. The summed E-state index contributed by atoms with van der Waals surface area (Å²) >= 11 is 0. The molecule has 24 heavy (non-hydrogen) atoms. The molecule has 126 valence electrons.